The maximum Gasteiger partial charge on any atom is 0.341 e. The average Bonchev–Trinajstić information content (AvgIpc) is 2.97. The highest BCUT2D eigenvalue weighted by atomic mass is 32.1. The quantitative estimate of drug-likeness (QED) is 0.819. The summed E-state index contributed by atoms with van der Waals surface area (Å²) in [7, 11) is 1.34. The number of methoxy groups -OCH3 is 1. The molecule has 0 saturated carbocycles. The van der Waals surface area contributed by atoms with Gasteiger partial charge >= 0.3 is 5.97 Å². The van der Waals surface area contributed by atoms with Gasteiger partial charge < -0.3 is 10.1 Å². The number of amides is 1. The second-order valence-electron chi connectivity index (χ2n) is 6.18. The molecule has 1 atom stereocenters. The molecular weight excluding hydrogens is 341 g/mol. The van der Waals surface area contributed by atoms with E-state index in [-0.39, 0.29) is 5.56 Å². The van der Waals surface area contributed by atoms with Gasteiger partial charge in [0.1, 0.15) is 10.8 Å². The van der Waals surface area contributed by atoms with Crippen molar-refractivity contribution in [3.63, 3.8) is 0 Å². The van der Waals surface area contributed by atoms with E-state index < -0.39 is 17.7 Å². The monoisotopic (exact) mass is 361 g/mol. The van der Waals surface area contributed by atoms with E-state index in [0.717, 1.165) is 36.1 Å². The van der Waals surface area contributed by atoms with Crippen molar-refractivity contribution < 1.29 is 18.7 Å². The van der Waals surface area contributed by atoms with E-state index >= 15 is 0 Å². The number of halogens is 1. The van der Waals surface area contributed by atoms with Gasteiger partial charge in [-0.05, 0) is 48.9 Å². The number of rotatable bonds is 4. The fourth-order valence-corrected chi connectivity index (χ4v) is 4.56. The van der Waals surface area contributed by atoms with Gasteiger partial charge in [-0.1, -0.05) is 19.4 Å². The summed E-state index contributed by atoms with van der Waals surface area (Å²) in [5.74, 6) is -0.752. The Morgan fingerprint density at radius 1 is 1.40 bits per heavy atom. The van der Waals surface area contributed by atoms with Gasteiger partial charge in [-0.25, -0.2) is 9.18 Å². The summed E-state index contributed by atoms with van der Waals surface area (Å²) in [6, 6.07) is 5.48. The molecule has 0 fully saturated rings. The highest BCUT2D eigenvalue weighted by molar-refractivity contribution is 7.17. The molecule has 4 nitrogen and oxygen atoms in total. The van der Waals surface area contributed by atoms with E-state index in [1.807, 2.05) is 0 Å². The maximum atomic E-state index is 13.3. The van der Waals surface area contributed by atoms with Crippen LogP contribution in [0.5, 0.6) is 0 Å². The van der Waals surface area contributed by atoms with Gasteiger partial charge in [0.2, 0.25) is 0 Å². The molecule has 1 N–H and O–H groups in total. The summed E-state index contributed by atoms with van der Waals surface area (Å²) in [6.07, 6.45) is 3.85. The average molecular weight is 361 g/mol. The first-order chi connectivity index (χ1) is 12.0. The Bertz CT molecular complexity index is 815. The molecule has 0 aliphatic heterocycles. The van der Waals surface area contributed by atoms with E-state index in [1.165, 1.54) is 42.7 Å². The Morgan fingerprint density at radius 2 is 2.20 bits per heavy atom. The zero-order valence-electron chi connectivity index (χ0n) is 14.2. The minimum Gasteiger partial charge on any atom is -0.465 e. The lowest BCUT2D eigenvalue weighted by Gasteiger charge is -2.20. The fraction of sp³-hybridized carbons (Fsp3) is 0.368. The highest BCUT2D eigenvalue weighted by Gasteiger charge is 2.29. The lowest BCUT2D eigenvalue weighted by Crippen LogP contribution is -2.16. The summed E-state index contributed by atoms with van der Waals surface area (Å²) in [5.41, 5.74) is 1.64. The van der Waals surface area contributed by atoms with Gasteiger partial charge in [0, 0.05) is 10.4 Å². The van der Waals surface area contributed by atoms with E-state index in [0.29, 0.717) is 16.5 Å². The van der Waals surface area contributed by atoms with Crippen molar-refractivity contribution in [2.75, 3.05) is 12.4 Å². The number of hydrogen-bond acceptors (Lipinski definition) is 4. The zero-order valence-corrected chi connectivity index (χ0v) is 15.0. The van der Waals surface area contributed by atoms with Gasteiger partial charge in [-0.2, -0.15) is 0 Å². The molecule has 0 bridgehead atoms. The predicted octanol–water partition coefficient (Wildman–Crippen LogP) is 4.44. The normalized spacial score (nSPS) is 16.2. The molecule has 6 heteroatoms. The summed E-state index contributed by atoms with van der Waals surface area (Å²) >= 11 is 1.43. The second kappa shape index (κ2) is 7.35. The van der Waals surface area contributed by atoms with Crippen molar-refractivity contribution in [2.24, 2.45) is 5.92 Å². The van der Waals surface area contributed by atoms with Crippen LogP contribution in [0, 0.1) is 11.7 Å². The smallest absolute Gasteiger partial charge is 0.341 e. The summed E-state index contributed by atoms with van der Waals surface area (Å²) < 4.78 is 18.3. The van der Waals surface area contributed by atoms with Crippen LogP contribution in [0.1, 0.15) is 50.9 Å². The first-order valence-corrected chi connectivity index (χ1v) is 9.14. The van der Waals surface area contributed by atoms with Crippen molar-refractivity contribution >= 4 is 28.2 Å². The van der Waals surface area contributed by atoms with Gasteiger partial charge in [-0.3, -0.25) is 4.79 Å². The summed E-state index contributed by atoms with van der Waals surface area (Å²) in [4.78, 5) is 25.8. The number of ether oxygens (including phenoxy) is 1. The second-order valence-corrected chi connectivity index (χ2v) is 7.29. The lowest BCUT2D eigenvalue weighted by atomic mass is 9.85. The number of anilines is 1. The number of hydrogen-bond donors (Lipinski definition) is 1. The van der Waals surface area contributed by atoms with Crippen LogP contribution in [-0.4, -0.2) is 19.0 Å². The molecule has 25 heavy (non-hydrogen) atoms. The molecule has 132 valence electrons. The fourth-order valence-electron chi connectivity index (χ4n) is 3.21. The minimum absolute atomic E-state index is 0.216. The van der Waals surface area contributed by atoms with Crippen LogP contribution in [0.3, 0.4) is 0 Å². The summed E-state index contributed by atoms with van der Waals surface area (Å²) in [5, 5.41) is 3.26. The molecule has 1 aromatic heterocycles. The van der Waals surface area contributed by atoms with Crippen molar-refractivity contribution in [3.05, 3.63) is 51.7 Å². The van der Waals surface area contributed by atoms with Crippen LogP contribution in [0.4, 0.5) is 9.39 Å². The minimum atomic E-state index is -0.475. The molecule has 0 radical (unpaired) electrons. The Kier molecular flexibility index (Phi) is 5.18. The summed E-state index contributed by atoms with van der Waals surface area (Å²) in [6.45, 7) is 2.16. The van der Waals surface area contributed by atoms with E-state index in [9.17, 15) is 14.0 Å². The molecule has 1 aromatic carbocycles. The zero-order chi connectivity index (χ0) is 18.0. The van der Waals surface area contributed by atoms with Crippen LogP contribution in [-0.2, 0) is 17.6 Å². The molecule has 1 aliphatic carbocycles. The van der Waals surface area contributed by atoms with Crippen molar-refractivity contribution in [1.82, 2.24) is 0 Å². The third-order valence-corrected chi connectivity index (χ3v) is 5.82. The van der Waals surface area contributed by atoms with Gasteiger partial charge in [0.05, 0.1) is 12.7 Å². The number of carbonyl (C=O) groups excluding carboxylic acids is 2. The van der Waals surface area contributed by atoms with Gasteiger partial charge in [0.25, 0.3) is 5.91 Å². The third kappa shape index (κ3) is 3.58. The molecule has 0 unspecified atom stereocenters. The number of thiophene rings is 1. The maximum absolute atomic E-state index is 13.3. The largest absolute Gasteiger partial charge is 0.465 e. The number of benzene rings is 1. The van der Waals surface area contributed by atoms with E-state index in [2.05, 4.69) is 12.2 Å². The molecule has 0 saturated heterocycles. The Balaban J connectivity index is 1.94. The molecule has 2 aromatic rings. The Labute approximate surface area is 150 Å². The molecule has 1 aliphatic rings. The number of nitrogens with one attached hydrogen (secondary N) is 1. The van der Waals surface area contributed by atoms with Gasteiger partial charge in [-0.15, -0.1) is 11.3 Å². The standard InChI is InChI=1S/C19H20FNO3S/c1-3-11-7-8-14-15(9-11)25-18(16(14)19(23)24-2)21-17(22)12-5-4-6-13(20)10-12/h4-6,10-11H,3,7-9H2,1-2H3,(H,21,22)/t11-/m0/s1. The third-order valence-electron chi connectivity index (χ3n) is 4.65. The topological polar surface area (TPSA) is 55.4 Å². The molecule has 1 amide bonds. The van der Waals surface area contributed by atoms with Crippen LogP contribution in [0.2, 0.25) is 0 Å². The number of carbonyl (C=O) groups is 2. The molecule has 1 heterocycles. The van der Waals surface area contributed by atoms with E-state index in [4.69, 9.17) is 4.74 Å². The van der Waals surface area contributed by atoms with Crippen LogP contribution < -0.4 is 5.32 Å². The van der Waals surface area contributed by atoms with Crippen molar-refractivity contribution in [2.45, 2.75) is 32.6 Å². The van der Waals surface area contributed by atoms with Gasteiger partial charge in [0.15, 0.2) is 0 Å². The lowest BCUT2D eigenvalue weighted by molar-refractivity contribution is 0.0601. The van der Waals surface area contributed by atoms with Crippen molar-refractivity contribution in [1.29, 1.82) is 0 Å². The molecule has 3 rings (SSSR count). The van der Waals surface area contributed by atoms with E-state index in [1.54, 1.807) is 0 Å². The molecular formula is C19H20FNO3S. The molecule has 0 spiro atoms. The van der Waals surface area contributed by atoms with Crippen LogP contribution in [0.15, 0.2) is 24.3 Å². The van der Waals surface area contributed by atoms with Crippen LogP contribution in [0.25, 0.3) is 0 Å². The number of fused-ring (bicyclic) bond motifs is 1. The first kappa shape index (κ1) is 17.6. The Hall–Kier alpha value is -2.21. The number of esters is 1. The SMILES string of the molecule is CC[C@H]1CCc2c(sc(NC(=O)c3cccc(F)c3)c2C(=O)OC)C1. The van der Waals surface area contributed by atoms with Crippen LogP contribution >= 0.6 is 11.3 Å². The first-order valence-electron chi connectivity index (χ1n) is 8.33. The van der Waals surface area contributed by atoms with Crippen molar-refractivity contribution in [3.8, 4) is 0 Å². The highest BCUT2D eigenvalue weighted by Crippen LogP contribution is 2.40. The Morgan fingerprint density at radius 3 is 2.88 bits per heavy atom. The predicted molar refractivity (Wildman–Crippen MR) is 95.8 cm³/mol.